The summed E-state index contributed by atoms with van der Waals surface area (Å²) in [7, 11) is 0. The van der Waals surface area contributed by atoms with Crippen molar-refractivity contribution in [2.75, 3.05) is 0 Å². The molecule has 0 atom stereocenters. The zero-order chi connectivity index (χ0) is 27.2. The van der Waals surface area contributed by atoms with Gasteiger partial charge in [-0.2, -0.15) is 0 Å². The summed E-state index contributed by atoms with van der Waals surface area (Å²) >= 11 is 1.86. The molecular formula is C38H24N2S. The maximum absolute atomic E-state index is 5.17. The first-order chi connectivity index (χ1) is 20.3. The number of nitrogens with zero attached hydrogens (tertiary/aromatic N) is 2. The fourth-order valence-corrected chi connectivity index (χ4v) is 6.82. The summed E-state index contributed by atoms with van der Waals surface area (Å²) in [6.07, 6.45) is 0. The van der Waals surface area contributed by atoms with Gasteiger partial charge < -0.3 is 0 Å². The minimum Gasteiger partial charge on any atom is -0.244 e. The van der Waals surface area contributed by atoms with Crippen LogP contribution in [0.3, 0.4) is 0 Å². The topological polar surface area (TPSA) is 25.8 Å². The standard InChI is InChI=1S/C38H24N2S/c1-3-10-27(11-4-1)37-38(28-12-5-2-6-13-28)40-33-24-29(22-23-32(33)39-37)25-18-20-26(21-19-25)30-15-9-17-35-36(30)31-14-7-8-16-34(31)41-35/h1-24H. The predicted octanol–water partition coefficient (Wildman–Crippen LogP) is 10.7. The van der Waals surface area contributed by atoms with Crippen LogP contribution in [0.15, 0.2) is 146 Å². The molecule has 0 radical (unpaired) electrons. The van der Waals surface area contributed by atoms with E-state index in [4.69, 9.17) is 9.97 Å². The molecule has 0 bridgehead atoms. The maximum Gasteiger partial charge on any atom is 0.0973 e. The van der Waals surface area contributed by atoms with Crippen molar-refractivity contribution in [2.45, 2.75) is 0 Å². The Kier molecular flexibility index (Phi) is 5.68. The summed E-state index contributed by atoms with van der Waals surface area (Å²) in [5, 5.41) is 2.66. The van der Waals surface area contributed by atoms with Crippen molar-refractivity contribution in [3.05, 3.63) is 146 Å². The lowest BCUT2D eigenvalue weighted by Gasteiger charge is -2.12. The maximum atomic E-state index is 5.17. The number of hydrogen-bond acceptors (Lipinski definition) is 3. The second kappa shape index (κ2) is 9.81. The van der Waals surface area contributed by atoms with Crippen molar-refractivity contribution in [3.63, 3.8) is 0 Å². The van der Waals surface area contributed by atoms with E-state index in [0.717, 1.165) is 44.7 Å². The second-order valence-corrected chi connectivity index (χ2v) is 11.3. The summed E-state index contributed by atoms with van der Waals surface area (Å²) in [6, 6.07) is 51.2. The Balaban J connectivity index is 1.22. The third-order valence-corrected chi connectivity index (χ3v) is 8.83. The monoisotopic (exact) mass is 540 g/mol. The van der Waals surface area contributed by atoms with Gasteiger partial charge in [-0.15, -0.1) is 11.3 Å². The first kappa shape index (κ1) is 23.7. The van der Waals surface area contributed by atoms with E-state index >= 15 is 0 Å². The molecule has 0 N–H and O–H groups in total. The fourth-order valence-electron chi connectivity index (χ4n) is 5.69. The molecule has 41 heavy (non-hydrogen) atoms. The first-order valence-electron chi connectivity index (χ1n) is 13.8. The van der Waals surface area contributed by atoms with Gasteiger partial charge in [0.05, 0.1) is 22.4 Å². The van der Waals surface area contributed by atoms with Crippen LogP contribution in [0.2, 0.25) is 0 Å². The van der Waals surface area contributed by atoms with Crippen molar-refractivity contribution in [3.8, 4) is 44.8 Å². The Hall–Kier alpha value is -5.12. The van der Waals surface area contributed by atoms with Gasteiger partial charge in [0.1, 0.15) is 0 Å². The van der Waals surface area contributed by atoms with Gasteiger partial charge in [0.25, 0.3) is 0 Å². The van der Waals surface area contributed by atoms with Gasteiger partial charge in [-0.25, -0.2) is 9.97 Å². The molecular weight excluding hydrogens is 516 g/mol. The van der Waals surface area contributed by atoms with Gasteiger partial charge in [0.2, 0.25) is 0 Å². The molecule has 8 aromatic rings. The smallest absolute Gasteiger partial charge is 0.0973 e. The molecule has 192 valence electrons. The average Bonchev–Trinajstić information content (AvgIpc) is 3.44. The lowest BCUT2D eigenvalue weighted by Crippen LogP contribution is -1.95. The van der Waals surface area contributed by atoms with E-state index in [-0.39, 0.29) is 0 Å². The Bertz CT molecular complexity index is 2180. The second-order valence-electron chi connectivity index (χ2n) is 10.2. The normalized spacial score (nSPS) is 11.4. The Labute approximate surface area is 242 Å². The van der Waals surface area contributed by atoms with Crippen LogP contribution in [0.4, 0.5) is 0 Å². The van der Waals surface area contributed by atoms with Crippen molar-refractivity contribution < 1.29 is 0 Å². The first-order valence-corrected chi connectivity index (χ1v) is 14.6. The third kappa shape index (κ3) is 4.19. The highest BCUT2D eigenvalue weighted by atomic mass is 32.1. The largest absolute Gasteiger partial charge is 0.244 e. The molecule has 2 nitrogen and oxygen atoms in total. The SMILES string of the molecule is c1ccc(-c2nc3ccc(-c4ccc(-c5cccc6sc7ccccc7c56)cc4)cc3nc2-c2ccccc2)cc1. The molecule has 0 aliphatic rings. The zero-order valence-corrected chi connectivity index (χ0v) is 23.0. The highest BCUT2D eigenvalue weighted by molar-refractivity contribution is 7.25. The van der Waals surface area contributed by atoms with Gasteiger partial charge in [-0.3, -0.25) is 0 Å². The van der Waals surface area contributed by atoms with Gasteiger partial charge in [0, 0.05) is 31.3 Å². The molecule has 2 heterocycles. The highest BCUT2D eigenvalue weighted by Crippen LogP contribution is 2.40. The summed E-state index contributed by atoms with van der Waals surface area (Å²) in [5.41, 5.74) is 10.5. The number of benzene rings is 6. The van der Waals surface area contributed by atoms with Crippen LogP contribution >= 0.6 is 11.3 Å². The molecule has 0 saturated heterocycles. The Morgan fingerprint density at radius 3 is 1.71 bits per heavy atom. The minimum absolute atomic E-state index is 0.889. The van der Waals surface area contributed by atoms with Crippen LogP contribution < -0.4 is 0 Å². The molecule has 8 rings (SSSR count). The van der Waals surface area contributed by atoms with Crippen LogP contribution in [-0.4, -0.2) is 9.97 Å². The molecule has 0 amide bonds. The van der Waals surface area contributed by atoms with Crippen LogP contribution in [0.25, 0.3) is 76.0 Å². The molecule has 0 fully saturated rings. The average molecular weight is 541 g/mol. The van der Waals surface area contributed by atoms with Gasteiger partial charge >= 0.3 is 0 Å². The molecule has 3 heteroatoms. The van der Waals surface area contributed by atoms with E-state index in [1.165, 1.54) is 31.3 Å². The lowest BCUT2D eigenvalue weighted by molar-refractivity contribution is 1.29. The quantitative estimate of drug-likeness (QED) is 0.222. The minimum atomic E-state index is 0.889. The fraction of sp³-hybridized carbons (Fsp3) is 0. The summed E-state index contributed by atoms with van der Waals surface area (Å²) in [5.74, 6) is 0. The predicted molar refractivity (Wildman–Crippen MR) is 174 cm³/mol. The van der Waals surface area contributed by atoms with E-state index in [0.29, 0.717) is 0 Å². The number of thiophene rings is 1. The Morgan fingerprint density at radius 2 is 0.976 bits per heavy atom. The van der Waals surface area contributed by atoms with Gasteiger partial charge in [-0.05, 0) is 46.5 Å². The molecule has 2 aromatic heterocycles. The zero-order valence-electron chi connectivity index (χ0n) is 22.2. The van der Waals surface area contributed by atoms with Crippen molar-refractivity contribution in [1.82, 2.24) is 9.97 Å². The highest BCUT2D eigenvalue weighted by Gasteiger charge is 2.14. The van der Waals surface area contributed by atoms with Crippen LogP contribution in [0.1, 0.15) is 0 Å². The van der Waals surface area contributed by atoms with E-state index in [2.05, 4.69) is 109 Å². The molecule has 0 unspecified atom stereocenters. The van der Waals surface area contributed by atoms with Gasteiger partial charge in [-0.1, -0.05) is 121 Å². The van der Waals surface area contributed by atoms with Gasteiger partial charge in [0.15, 0.2) is 0 Å². The lowest BCUT2D eigenvalue weighted by atomic mass is 9.96. The third-order valence-electron chi connectivity index (χ3n) is 7.69. The van der Waals surface area contributed by atoms with Crippen molar-refractivity contribution in [1.29, 1.82) is 0 Å². The Morgan fingerprint density at radius 1 is 0.390 bits per heavy atom. The summed E-state index contributed by atoms with van der Waals surface area (Å²) in [6.45, 7) is 0. The number of aromatic nitrogens is 2. The molecule has 0 aliphatic carbocycles. The molecule has 0 spiro atoms. The van der Waals surface area contributed by atoms with Crippen LogP contribution in [0.5, 0.6) is 0 Å². The molecule has 0 saturated carbocycles. The van der Waals surface area contributed by atoms with Crippen molar-refractivity contribution >= 4 is 42.5 Å². The molecule has 0 aliphatic heterocycles. The number of hydrogen-bond donors (Lipinski definition) is 0. The van der Waals surface area contributed by atoms with E-state index in [9.17, 15) is 0 Å². The molecule has 6 aromatic carbocycles. The van der Waals surface area contributed by atoms with E-state index < -0.39 is 0 Å². The van der Waals surface area contributed by atoms with E-state index in [1.807, 2.05) is 47.7 Å². The number of rotatable bonds is 4. The van der Waals surface area contributed by atoms with Crippen LogP contribution in [-0.2, 0) is 0 Å². The summed E-state index contributed by atoms with van der Waals surface area (Å²) in [4.78, 5) is 10.3. The van der Waals surface area contributed by atoms with Crippen LogP contribution in [0, 0.1) is 0 Å². The summed E-state index contributed by atoms with van der Waals surface area (Å²) < 4.78 is 2.65. The number of fused-ring (bicyclic) bond motifs is 4. The van der Waals surface area contributed by atoms with E-state index in [1.54, 1.807) is 0 Å². The van der Waals surface area contributed by atoms with Crippen molar-refractivity contribution in [2.24, 2.45) is 0 Å².